The molecule has 0 saturated carbocycles. The number of hydrogen-bond acceptors (Lipinski definition) is 4. The average Bonchev–Trinajstić information content (AvgIpc) is 3.37. The van der Waals surface area contributed by atoms with Crippen molar-refractivity contribution in [2.45, 2.75) is 18.9 Å². The van der Waals surface area contributed by atoms with Crippen LogP contribution in [0.1, 0.15) is 30.3 Å². The Morgan fingerprint density at radius 1 is 1.04 bits per heavy atom. The fourth-order valence-electron chi connectivity index (χ4n) is 3.18. The third-order valence-electron chi connectivity index (χ3n) is 4.50. The van der Waals surface area contributed by atoms with E-state index in [0.29, 0.717) is 18.3 Å². The Hall–Kier alpha value is -3.21. The zero-order chi connectivity index (χ0) is 17.8. The highest BCUT2D eigenvalue weighted by atomic mass is 16.4. The molecule has 0 aliphatic carbocycles. The quantitative estimate of drug-likeness (QED) is 0.668. The van der Waals surface area contributed by atoms with Crippen molar-refractivity contribution in [3.05, 3.63) is 78.2 Å². The molecule has 4 rings (SSSR count). The molecule has 1 amide bonds. The van der Waals surface area contributed by atoms with Crippen LogP contribution in [0.2, 0.25) is 0 Å². The minimum Gasteiger partial charge on any atom is -0.418 e. The molecule has 0 bridgehead atoms. The molecule has 26 heavy (non-hydrogen) atoms. The number of carbonyl (C=O) groups is 1. The van der Waals surface area contributed by atoms with Gasteiger partial charge in [0.15, 0.2) is 0 Å². The summed E-state index contributed by atoms with van der Waals surface area (Å²) in [7, 11) is 0. The maximum absolute atomic E-state index is 12.6. The van der Waals surface area contributed by atoms with Gasteiger partial charge >= 0.3 is 0 Å². The van der Waals surface area contributed by atoms with E-state index in [1.54, 1.807) is 6.08 Å². The molecular weight excluding hydrogens is 326 g/mol. The smallest absolute Gasteiger partial charge is 0.247 e. The summed E-state index contributed by atoms with van der Waals surface area (Å²) in [4.78, 5) is 14.4. The molecule has 2 aromatic carbocycles. The Bertz CT molecular complexity index is 903. The van der Waals surface area contributed by atoms with Gasteiger partial charge in [-0.15, -0.1) is 10.2 Å². The van der Waals surface area contributed by atoms with Crippen LogP contribution in [0.15, 0.2) is 71.2 Å². The Morgan fingerprint density at radius 2 is 1.77 bits per heavy atom. The molecule has 1 aromatic heterocycles. The monoisotopic (exact) mass is 345 g/mol. The van der Waals surface area contributed by atoms with Gasteiger partial charge in [-0.3, -0.25) is 4.79 Å². The third kappa shape index (κ3) is 3.42. The van der Waals surface area contributed by atoms with Gasteiger partial charge in [-0.25, -0.2) is 0 Å². The van der Waals surface area contributed by atoms with Crippen LogP contribution in [-0.2, 0) is 4.79 Å². The van der Waals surface area contributed by atoms with Gasteiger partial charge in [0.1, 0.15) is 6.04 Å². The van der Waals surface area contributed by atoms with Gasteiger partial charge in [-0.1, -0.05) is 48.5 Å². The minimum absolute atomic E-state index is 0.0317. The number of nitrogens with zero attached hydrogens (tertiary/aromatic N) is 3. The van der Waals surface area contributed by atoms with Crippen molar-refractivity contribution in [1.82, 2.24) is 15.1 Å². The first-order valence-corrected chi connectivity index (χ1v) is 8.74. The van der Waals surface area contributed by atoms with E-state index in [0.717, 1.165) is 24.0 Å². The van der Waals surface area contributed by atoms with E-state index in [4.69, 9.17) is 4.42 Å². The summed E-state index contributed by atoms with van der Waals surface area (Å²) in [6.45, 7) is 0.700. The highest BCUT2D eigenvalue weighted by molar-refractivity contribution is 5.92. The van der Waals surface area contributed by atoms with Gasteiger partial charge in [0, 0.05) is 18.2 Å². The van der Waals surface area contributed by atoms with Crippen molar-refractivity contribution in [3.8, 4) is 11.5 Å². The average molecular weight is 345 g/mol. The molecule has 1 saturated heterocycles. The van der Waals surface area contributed by atoms with E-state index < -0.39 is 0 Å². The lowest BCUT2D eigenvalue weighted by atomic mass is 10.2. The van der Waals surface area contributed by atoms with Gasteiger partial charge in [-0.2, -0.15) is 0 Å². The summed E-state index contributed by atoms with van der Waals surface area (Å²) >= 11 is 0. The van der Waals surface area contributed by atoms with E-state index in [-0.39, 0.29) is 11.9 Å². The number of benzene rings is 2. The molecule has 0 spiro atoms. The van der Waals surface area contributed by atoms with E-state index >= 15 is 0 Å². The van der Waals surface area contributed by atoms with Crippen molar-refractivity contribution in [2.75, 3.05) is 6.54 Å². The molecule has 3 aromatic rings. The van der Waals surface area contributed by atoms with E-state index in [2.05, 4.69) is 10.2 Å². The van der Waals surface area contributed by atoms with Crippen LogP contribution in [0.5, 0.6) is 0 Å². The number of carbonyl (C=O) groups excluding carboxylic acids is 1. The lowest BCUT2D eigenvalue weighted by Crippen LogP contribution is -2.29. The van der Waals surface area contributed by atoms with Gasteiger partial charge in [-0.05, 0) is 36.6 Å². The normalized spacial score (nSPS) is 17.1. The largest absolute Gasteiger partial charge is 0.418 e. The first kappa shape index (κ1) is 16.3. The molecule has 5 nitrogen and oxygen atoms in total. The van der Waals surface area contributed by atoms with Crippen LogP contribution in [0, 0.1) is 0 Å². The fraction of sp³-hybridized carbons (Fsp3) is 0.190. The molecule has 0 N–H and O–H groups in total. The molecule has 0 radical (unpaired) electrons. The summed E-state index contributed by atoms with van der Waals surface area (Å²) in [5, 5.41) is 8.34. The summed E-state index contributed by atoms with van der Waals surface area (Å²) in [5.74, 6) is 0.957. The predicted octanol–water partition coefficient (Wildman–Crippen LogP) is 4.11. The number of rotatable bonds is 4. The highest BCUT2D eigenvalue weighted by Crippen LogP contribution is 2.32. The molecule has 1 aliphatic rings. The van der Waals surface area contributed by atoms with Crippen LogP contribution in [0.25, 0.3) is 17.5 Å². The zero-order valence-electron chi connectivity index (χ0n) is 14.3. The third-order valence-corrected chi connectivity index (χ3v) is 4.50. The maximum atomic E-state index is 12.6. The van der Waals surface area contributed by atoms with Crippen molar-refractivity contribution in [3.63, 3.8) is 0 Å². The lowest BCUT2D eigenvalue weighted by Gasteiger charge is -2.20. The van der Waals surface area contributed by atoms with Crippen LogP contribution in [-0.4, -0.2) is 27.5 Å². The predicted molar refractivity (Wildman–Crippen MR) is 98.9 cm³/mol. The first-order chi connectivity index (χ1) is 12.8. The van der Waals surface area contributed by atoms with Crippen LogP contribution in [0.4, 0.5) is 0 Å². The minimum atomic E-state index is -0.159. The molecule has 2 heterocycles. The Balaban J connectivity index is 1.51. The summed E-state index contributed by atoms with van der Waals surface area (Å²) in [6, 6.07) is 19.3. The van der Waals surface area contributed by atoms with E-state index in [1.165, 1.54) is 0 Å². The highest BCUT2D eigenvalue weighted by Gasteiger charge is 2.33. The number of hydrogen-bond donors (Lipinski definition) is 0. The topological polar surface area (TPSA) is 59.2 Å². The molecule has 1 aliphatic heterocycles. The van der Waals surface area contributed by atoms with Crippen LogP contribution in [0.3, 0.4) is 0 Å². The standard InChI is InChI=1S/C21H19N3O2/c25-19(14-13-16-8-3-1-4-9-16)24-15-7-12-18(24)21-23-22-20(26-21)17-10-5-2-6-11-17/h1-6,8-11,13-14,18H,7,12,15H2. The summed E-state index contributed by atoms with van der Waals surface area (Å²) < 4.78 is 5.86. The van der Waals surface area contributed by atoms with Crippen molar-refractivity contribution in [2.24, 2.45) is 0 Å². The molecule has 130 valence electrons. The number of aromatic nitrogens is 2. The van der Waals surface area contributed by atoms with Gasteiger partial charge in [0.05, 0.1) is 0 Å². The second-order valence-electron chi connectivity index (χ2n) is 6.25. The second-order valence-corrected chi connectivity index (χ2v) is 6.25. The van der Waals surface area contributed by atoms with E-state index in [1.807, 2.05) is 71.6 Å². The molecule has 1 atom stereocenters. The first-order valence-electron chi connectivity index (χ1n) is 8.74. The molecular formula is C21H19N3O2. The van der Waals surface area contributed by atoms with Crippen molar-refractivity contribution < 1.29 is 9.21 Å². The van der Waals surface area contributed by atoms with Crippen LogP contribution < -0.4 is 0 Å². The van der Waals surface area contributed by atoms with Crippen molar-refractivity contribution >= 4 is 12.0 Å². The lowest BCUT2D eigenvalue weighted by molar-refractivity contribution is -0.127. The van der Waals surface area contributed by atoms with Crippen LogP contribution >= 0.6 is 0 Å². The van der Waals surface area contributed by atoms with Gasteiger partial charge < -0.3 is 9.32 Å². The SMILES string of the molecule is O=C(C=Cc1ccccc1)N1CCCC1c1nnc(-c2ccccc2)o1. The molecule has 5 heteroatoms. The Labute approximate surface area is 152 Å². The fourth-order valence-corrected chi connectivity index (χ4v) is 3.18. The summed E-state index contributed by atoms with van der Waals surface area (Å²) in [6.07, 6.45) is 5.21. The van der Waals surface area contributed by atoms with E-state index in [9.17, 15) is 4.79 Å². The Kier molecular flexibility index (Phi) is 4.60. The summed E-state index contributed by atoms with van der Waals surface area (Å²) in [5.41, 5.74) is 1.88. The maximum Gasteiger partial charge on any atom is 0.247 e. The van der Waals surface area contributed by atoms with Gasteiger partial charge in [0.25, 0.3) is 0 Å². The molecule has 1 fully saturated rings. The molecule has 1 unspecified atom stereocenters. The number of likely N-dealkylation sites (tertiary alicyclic amines) is 1. The number of amides is 1. The Morgan fingerprint density at radius 3 is 2.54 bits per heavy atom. The zero-order valence-corrected chi connectivity index (χ0v) is 14.3. The van der Waals surface area contributed by atoms with Gasteiger partial charge in [0.2, 0.25) is 17.7 Å². The second kappa shape index (κ2) is 7.35. The van der Waals surface area contributed by atoms with Crippen molar-refractivity contribution in [1.29, 1.82) is 0 Å².